The van der Waals surface area contributed by atoms with E-state index in [1.165, 1.54) is 7.05 Å². The third-order valence-corrected chi connectivity index (χ3v) is 0.407. The smallest absolute Gasteiger partial charge is 0.405 e. The molecule has 0 aliphatic carbocycles. The molecule has 4 N–H and O–H groups in total. The highest BCUT2D eigenvalue weighted by Crippen LogP contribution is 2.04. The van der Waals surface area contributed by atoms with Crippen LogP contribution in [0.4, 0.5) is 4.79 Å². The molecule has 0 rings (SSSR count). The van der Waals surface area contributed by atoms with Gasteiger partial charge in [-0.2, -0.15) is 0 Å². The summed E-state index contributed by atoms with van der Waals surface area (Å²) in [5.74, 6) is 0. The Labute approximate surface area is 73.7 Å². The molecule has 0 saturated carbocycles. The summed E-state index contributed by atoms with van der Waals surface area (Å²) in [6, 6.07) is 0. The number of halogens is 1. The molecule has 5 heteroatoms. The van der Waals surface area contributed by atoms with E-state index in [0.29, 0.717) is 0 Å². The van der Waals surface area contributed by atoms with Gasteiger partial charge in [0, 0.05) is 0 Å². The Morgan fingerprint density at radius 2 is 1.55 bits per heavy atom. The van der Waals surface area contributed by atoms with Crippen molar-refractivity contribution in [1.82, 2.24) is 0 Å². The van der Waals surface area contributed by atoms with Gasteiger partial charge < -0.3 is 16.2 Å². The molecular formula is C6H17ClN2O2. The summed E-state index contributed by atoms with van der Waals surface area (Å²) in [7, 11) is 1.50. The van der Waals surface area contributed by atoms with Crippen LogP contribution in [-0.2, 0) is 4.74 Å². The monoisotopic (exact) mass is 184 g/mol. The van der Waals surface area contributed by atoms with E-state index in [2.05, 4.69) is 10.5 Å². The van der Waals surface area contributed by atoms with Gasteiger partial charge in [0.1, 0.15) is 5.60 Å². The average Bonchev–Trinajstić information content (AvgIpc) is 1.64. The van der Waals surface area contributed by atoms with Crippen molar-refractivity contribution < 1.29 is 9.53 Å². The van der Waals surface area contributed by atoms with Crippen molar-refractivity contribution in [3.63, 3.8) is 0 Å². The summed E-state index contributed by atoms with van der Waals surface area (Å²) in [5, 5.41) is 0. The third kappa shape index (κ3) is 26.4. The van der Waals surface area contributed by atoms with E-state index in [4.69, 9.17) is 5.73 Å². The van der Waals surface area contributed by atoms with E-state index >= 15 is 0 Å². The van der Waals surface area contributed by atoms with Gasteiger partial charge >= 0.3 is 6.09 Å². The van der Waals surface area contributed by atoms with Gasteiger partial charge in [0.05, 0.1) is 0 Å². The van der Waals surface area contributed by atoms with Crippen molar-refractivity contribution in [2.45, 2.75) is 26.4 Å². The van der Waals surface area contributed by atoms with Crippen molar-refractivity contribution >= 4 is 18.5 Å². The molecule has 0 aromatic rings. The molecule has 0 spiro atoms. The fourth-order valence-electron chi connectivity index (χ4n) is 0.302. The lowest BCUT2D eigenvalue weighted by Gasteiger charge is -2.16. The summed E-state index contributed by atoms with van der Waals surface area (Å²) < 4.78 is 4.58. The molecule has 0 heterocycles. The van der Waals surface area contributed by atoms with Crippen LogP contribution in [0, 0.1) is 0 Å². The first-order valence-corrected chi connectivity index (χ1v) is 2.98. The van der Waals surface area contributed by atoms with Crippen LogP contribution in [0.25, 0.3) is 0 Å². The highest BCUT2D eigenvalue weighted by atomic mass is 35.5. The van der Waals surface area contributed by atoms with Gasteiger partial charge in [0.25, 0.3) is 0 Å². The minimum absolute atomic E-state index is 0. The van der Waals surface area contributed by atoms with E-state index in [9.17, 15) is 4.79 Å². The Morgan fingerprint density at radius 3 is 1.55 bits per heavy atom. The second-order valence-electron chi connectivity index (χ2n) is 2.53. The zero-order valence-corrected chi connectivity index (χ0v) is 8.20. The lowest BCUT2D eigenvalue weighted by molar-refractivity contribution is 0.0600. The molecule has 0 atom stereocenters. The molecule has 0 bridgehead atoms. The fraction of sp³-hybridized carbons (Fsp3) is 0.833. The van der Waals surface area contributed by atoms with E-state index < -0.39 is 11.7 Å². The van der Waals surface area contributed by atoms with Crippen molar-refractivity contribution in [2.75, 3.05) is 7.05 Å². The second kappa shape index (κ2) is 7.63. The first kappa shape index (κ1) is 16.9. The van der Waals surface area contributed by atoms with Gasteiger partial charge in [-0.25, -0.2) is 4.79 Å². The van der Waals surface area contributed by atoms with Crippen LogP contribution < -0.4 is 11.5 Å². The molecule has 0 aromatic carbocycles. The molecule has 0 radical (unpaired) electrons. The van der Waals surface area contributed by atoms with E-state index in [-0.39, 0.29) is 12.4 Å². The van der Waals surface area contributed by atoms with Crippen molar-refractivity contribution in [3.05, 3.63) is 0 Å². The van der Waals surface area contributed by atoms with Crippen molar-refractivity contribution in [2.24, 2.45) is 11.5 Å². The standard InChI is InChI=1S/C5H11NO2.CH5N.ClH/c1-5(2,3)8-4(6)7;1-2;/h1-3H3,(H2,6,7);2H2,1H3;1H. The van der Waals surface area contributed by atoms with Gasteiger partial charge in [-0.15, -0.1) is 12.4 Å². The average molecular weight is 185 g/mol. The van der Waals surface area contributed by atoms with E-state index in [1.807, 2.05) is 0 Å². The predicted molar refractivity (Wildman–Crippen MR) is 47.8 cm³/mol. The maximum atomic E-state index is 10.0. The first-order chi connectivity index (χ1) is 4.42. The van der Waals surface area contributed by atoms with Gasteiger partial charge in [-0.3, -0.25) is 0 Å². The number of amides is 1. The molecule has 0 fully saturated rings. The van der Waals surface area contributed by atoms with Gasteiger partial charge in [-0.05, 0) is 27.8 Å². The molecule has 4 nitrogen and oxygen atoms in total. The highest BCUT2D eigenvalue weighted by molar-refractivity contribution is 5.85. The minimum Gasteiger partial charge on any atom is -0.444 e. The summed E-state index contributed by atoms with van der Waals surface area (Å²) >= 11 is 0. The molecule has 1 amide bonds. The van der Waals surface area contributed by atoms with Gasteiger partial charge in [0.15, 0.2) is 0 Å². The number of hydrogen-bond acceptors (Lipinski definition) is 3. The molecule has 0 aliphatic heterocycles. The fourth-order valence-corrected chi connectivity index (χ4v) is 0.302. The third-order valence-electron chi connectivity index (χ3n) is 0.407. The quantitative estimate of drug-likeness (QED) is 0.587. The highest BCUT2D eigenvalue weighted by Gasteiger charge is 2.12. The predicted octanol–water partition coefficient (Wildman–Crippen LogP) is 0.877. The maximum absolute atomic E-state index is 10.0. The number of nitrogens with two attached hydrogens (primary N) is 2. The molecule has 70 valence electrons. The van der Waals surface area contributed by atoms with Crippen LogP contribution >= 0.6 is 12.4 Å². The molecule has 11 heavy (non-hydrogen) atoms. The molecule has 0 aliphatic rings. The van der Waals surface area contributed by atoms with E-state index in [1.54, 1.807) is 20.8 Å². The molecule has 0 aromatic heterocycles. The van der Waals surface area contributed by atoms with Crippen LogP contribution in [0.5, 0.6) is 0 Å². The lowest BCUT2D eigenvalue weighted by Crippen LogP contribution is -2.27. The topological polar surface area (TPSA) is 78.3 Å². The zero-order chi connectivity index (χ0) is 8.78. The maximum Gasteiger partial charge on any atom is 0.405 e. The minimum atomic E-state index is -0.725. The molecule has 0 unspecified atom stereocenters. The number of carbonyl (C=O) groups excluding carboxylic acids is 1. The Balaban J connectivity index is -0.000000196. The van der Waals surface area contributed by atoms with Gasteiger partial charge in [0.2, 0.25) is 0 Å². The number of carbonyl (C=O) groups is 1. The molecular weight excluding hydrogens is 168 g/mol. The van der Waals surface area contributed by atoms with Crippen molar-refractivity contribution in [1.29, 1.82) is 0 Å². The SMILES string of the molecule is CC(C)(C)OC(N)=O.CN.Cl. The second-order valence-corrected chi connectivity index (χ2v) is 2.53. The largest absolute Gasteiger partial charge is 0.444 e. The number of hydrogen-bond donors (Lipinski definition) is 2. The Morgan fingerprint density at radius 1 is 1.27 bits per heavy atom. The normalized spacial score (nSPS) is 8.45. The number of primary amides is 1. The van der Waals surface area contributed by atoms with Crippen LogP contribution in [0.1, 0.15) is 20.8 Å². The van der Waals surface area contributed by atoms with Crippen LogP contribution in [-0.4, -0.2) is 18.7 Å². The van der Waals surface area contributed by atoms with Crippen LogP contribution in [0.3, 0.4) is 0 Å². The summed E-state index contributed by atoms with van der Waals surface area (Å²) in [4.78, 5) is 10.0. The van der Waals surface area contributed by atoms with E-state index in [0.717, 1.165) is 0 Å². The first-order valence-electron chi connectivity index (χ1n) is 2.98. The summed E-state index contributed by atoms with van der Waals surface area (Å²) in [6.45, 7) is 5.28. The lowest BCUT2D eigenvalue weighted by atomic mass is 10.2. The summed E-state index contributed by atoms with van der Waals surface area (Å²) in [6.07, 6.45) is -0.725. The Hall–Kier alpha value is -0.480. The van der Waals surface area contributed by atoms with Gasteiger partial charge in [-0.1, -0.05) is 0 Å². The van der Waals surface area contributed by atoms with Crippen LogP contribution in [0.2, 0.25) is 0 Å². The Bertz CT molecular complexity index is 101. The number of ether oxygens (including phenoxy) is 1. The summed E-state index contributed by atoms with van der Waals surface area (Å²) in [5.41, 5.74) is 8.76. The Kier molecular flexibility index (Phi) is 11.7. The van der Waals surface area contributed by atoms with Crippen LogP contribution in [0.15, 0.2) is 0 Å². The molecule has 0 saturated heterocycles. The van der Waals surface area contributed by atoms with Crippen molar-refractivity contribution in [3.8, 4) is 0 Å². The number of rotatable bonds is 0. The zero-order valence-electron chi connectivity index (χ0n) is 7.38.